The lowest BCUT2D eigenvalue weighted by Gasteiger charge is -2.25. The molecule has 0 fully saturated rings. The zero-order valence-corrected chi connectivity index (χ0v) is 23.3. The first-order valence-corrected chi connectivity index (χ1v) is 13.6. The number of aromatic amines is 1. The minimum absolute atomic E-state index is 0.00881. The van der Waals surface area contributed by atoms with Crippen molar-refractivity contribution in [3.05, 3.63) is 36.0 Å². The van der Waals surface area contributed by atoms with Gasteiger partial charge in [-0.25, -0.2) is 4.79 Å². The van der Waals surface area contributed by atoms with E-state index >= 15 is 0 Å². The van der Waals surface area contributed by atoms with E-state index in [0.717, 1.165) is 10.9 Å². The summed E-state index contributed by atoms with van der Waals surface area (Å²) in [5.41, 5.74) is 23.3. The first-order chi connectivity index (χ1) is 19.9. The number of H-pyrrole nitrogens is 1. The van der Waals surface area contributed by atoms with Gasteiger partial charge < -0.3 is 49.0 Å². The number of nitrogens with two attached hydrogens (primary N) is 4. The van der Waals surface area contributed by atoms with Crippen LogP contribution in [0.5, 0.6) is 0 Å². The number of carbonyl (C=O) groups is 6. The second-order valence-electron chi connectivity index (χ2n) is 9.99. The zero-order chi connectivity index (χ0) is 31.2. The van der Waals surface area contributed by atoms with Gasteiger partial charge in [0.2, 0.25) is 29.5 Å². The molecule has 0 radical (unpaired) electrons. The third kappa shape index (κ3) is 10.8. The van der Waals surface area contributed by atoms with Gasteiger partial charge in [0.25, 0.3) is 0 Å². The molecule has 230 valence electrons. The van der Waals surface area contributed by atoms with Crippen molar-refractivity contribution in [3.8, 4) is 0 Å². The highest BCUT2D eigenvalue weighted by Gasteiger charge is 2.31. The summed E-state index contributed by atoms with van der Waals surface area (Å²) in [5, 5.41) is 17.8. The Morgan fingerprint density at radius 2 is 1.38 bits per heavy atom. The lowest BCUT2D eigenvalue weighted by molar-refractivity contribution is -0.142. The van der Waals surface area contributed by atoms with Gasteiger partial charge in [-0.2, -0.15) is 0 Å². The summed E-state index contributed by atoms with van der Waals surface area (Å²) in [6, 6.07) is 2.33. The van der Waals surface area contributed by atoms with Crippen molar-refractivity contribution in [2.24, 2.45) is 22.9 Å². The van der Waals surface area contributed by atoms with Crippen molar-refractivity contribution >= 4 is 46.4 Å². The van der Waals surface area contributed by atoms with Crippen molar-refractivity contribution in [1.29, 1.82) is 0 Å². The first kappa shape index (κ1) is 33.7. The number of fused-ring (bicyclic) bond motifs is 1. The van der Waals surface area contributed by atoms with Gasteiger partial charge in [0.1, 0.15) is 18.1 Å². The Morgan fingerprint density at radius 3 is 2.02 bits per heavy atom. The summed E-state index contributed by atoms with van der Waals surface area (Å²) in [5.74, 6) is -4.98. The van der Waals surface area contributed by atoms with Crippen LogP contribution in [0.4, 0.5) is 0 Å². The van der Waals surface area contributed by atoms with E-state index in [1.165, 1.54) is 0 Å². The molecular weight excluding hydrogens is 548 g/mol. The van der Waals surface area contributed by atoms with Crippen LogP contribution in [0.2, 0.25) is 0 Å². The molecule has 42 heavy (non-hydrogen) atoms. The molecule has 4 unspecified atom stereocenters. The molecule has 2 aromatic rings. The van der Waals surface area contributed by atoms with Crippen LogP contribution in [0.25, 0.3) is 10.9 Å². The maximum Gasteiger partial charge on any atom is 0.326 e. The molecule has 1 heterocycles. The maximum absolute atomic E-state index is 13.5. The number of para-hydroxylation sites is 1. The summed E-state index contributed by atoms with van der Waals surface area (Å²) >= 11 is 0. The second-order valence-corrected chi connectivity index (χ2v) is 9.99. The highest BCUT2D eigenvalue weighted by molar-refractivity contribution is 5.95. The highest BCUT2D eigenvalue weighted by Crippen LogP contribution is 2.19. The molecule has 1 aromatic carbocycles. The Hall–Kier alpha value is -4.50. The van der Waals surface area contributed by atoms with Crippen LogP contribution in [-0.2, 0) is 35.2 Å². The lowest BCUT2D eigenvalue weighted by Crippen LogP contribution is -2.57. The third-order valence-electron chi connectivity index (χ3n) is 6.64. The highest BCUT2D eigenvalue weighted by atomic mass is 16.4. The molecule has 15 nitrogen and oxygen atoms in total. The average molecular weight is 589 g/mol. The van der Waals surface area contributed by atoms with Gasteiger partial charge in [-0.1, -0.05) is 18.2 Å². The number of aliphatic carboxylic acids is 1. The topological polar surface area (TPSA) is 279 Å². The Morgan fingerprint density at radius 1 is 0.786 bits per heavy atom. The van der Waals surface area contributed by atoms with Gasteiger partial charge in [-0.05, 0) is 50.3 Å². The van der Waals surface area contributed by atoms with Gasteiger partial charge in [-0.15, -0.1) is 0 Å². The number of hydrogen-bond donors (Lipinski definition) is 9. The standard InChI is InChI=1S/C27H40N8O7/c28-12-4-3-7-20(27(41)42)34-25(39)19(9-11-23(31)37)33-26(40)21(35-24(38)17(29)8-10-22(30)36)13-15-14-32-18-6-2-1-5-16(15)18/h1-2,5-6,14,17,19-21,32H,3-4,7-13,28-29H2,(H2,30,36)(H2,31,37)(H,33,40)(H,34,39)(H,35,38)(H,41,42). The summed E-state index contributed by atoms with van der Waals surface area (Å²) in [4.78, 5) is 76.9. The normalized spacial score (nSPS) is 13.9. The molecule has 0 saturated carbocycles. The zero-order valence-electron chi connectivity index (χ0n) is 23.3. The van der Waals surface area contributed by atoms with Gasteiger partial charge in [0.05, 0.1) is 6.04 Å². The molecular formula is C27H40N8O7. The minimum atomic E-state index is -1.34. The largest absolute Gasteiger partial charge is 0.480 e. The van der Waals surface area contributed by atoms with E-state index in [2.05, 4.69) is 20.9 Å². The van der Waals surface area contributed by atoms with Crippen molar-refractivity contribution < 1.29 is 33.9 Å². The number of carbonyl (C=O) groups excluding carboxylic acids is 5. The van der Waals surface area contributed by atoms with Gasteiger partial charge in [0, 0.05) is 36.4 Å². The molecule has 4 atom stereocenters. The number of carboxylic acid groups (broad SMARTS) is 1. The predicted molar refractivity (Wildman–Crippen MR) is 153 cm³/mol. The van der Waals surface area contributed by atoms with E-state index < -0.39 is 59.7 Å². The van der Waals surface area contributed by atoms with Crippen LogP contribution in [0.3, 0.4) is 0 Å². The fraction of sp³-hybridized carbons (Fsp3) is 0.481. The molecule has 15 heteroatoms. The molecule has 2 rings (SSSR count). The summed E-state index contributed by atoms with van der Waals surface area (Å²) in [7, 11) is 0. The number of rotatable bonds is 19. The monoisotopic (exact) mass is 588 g/mol. The molecule has 0 aliphatic heterocycles. The second kappa shape index (κ2) is 16.7. The Labute approximate surface area is 242 Å². The van der Waals surface area contributed by atoms with Crippen LogP contribution < -0.4 is 38.9 Å². The van der Waals surface area contributed by atoms with Crippen molar-refractivity contribution in [1.82, 2.24) is 20.9 Å². The molecule has 0 bridgehead atoms. The number of nitrogens with one attached hydrogen (secondary N) is 4. The number of aromatic nitrogens is 1. The number of benzene rings is 1. The van der Waals surface area contributed by atoms with E-state index in [1.54, 1.807) is 6.20 Å². The Kier molecular flexibility index (Phi) is 13.4. The van der Waals surface area contributed by atoms with E-state index in [1.807, 2.05) is 24.3 Å². The molecule has 0 aliphatic rings. The quantitative estimate of drug-likeness (QED) is 0.0839. The molecule has 13 N–H and O–H groups in total. The minimum Gasteiger partial charge on any atom is -0.480 e. The average Bonchev–Trinajstić information content (AvgIpc) is 3.35. The first-order valence-electron chi connectivity index (χ1n) is 13.6. The predicted octanol–water partition coefficient (Wildman–Crippen LogP) is -1.76. The molecule has 1 aromatic heterocycles. The fourth-order valence-corrected chi connectivity index (χ4v) is 4.29. The van der Waals surface area contributed by atoms with E-state index in [9.17, 15) is 33.9 Å². The smallest absolute Gasteiger partial charge is 0.326 e. The van der Waals surface area contributed by atoms with E-state index in [4.69, 9.17) is 22.9 Å². The van der Waals surface area contributed by atoms with Gasteiger partial charge >= 0.3 is 5.97 Å². The number of unbranched alkanes of at least 4 members (excludes halogenated alkanes) is 1. The number of hydrogen-bond acceptors (Lipinski definition) is 8. The van der Waals surface area contributed by atoms with Crippen molar-refractivity contribution in [3.63, 3.8) is 0 Å². The fourth-order valence-electron chi connectivity index (χ4n) is 4.29. The van der Waals surface area contributed by atoms with Crippen LogP contribution in [-0.4, -0.2) is 76.3 Å². The summed E-state index contributed by atoms with van der Waals surface area (Å²) < 4.78 is 0. The van der Waals surface area contributed by atoms with E-state index in [-0.39, 0.29) is 38.5 Å². The summed E-state index contributed by atoms with van der Waals surface area (Å²) in [6.07, 6.45) is 2.10. The van der Waals surface area contributed by atoms with Crippen LogP contribution in [0, 0.1) is 0 Å². The van der Waals surface area contributed by atoms with Crippen LogP contribution >= 0.6 is 0 Å². The maximum atomic E-state index is 13.5. The molecule has 0 saturated heterocycles. The molecule has 0 spiro atoms. The van der Waals surface area contributed by atoms with Crippen molar-refractivity contribution in [2.75, 3.05) is 6.54 Å². The number of primary amides is 2. The number of amides is 5. The van der Waals surface area contributed by atoms with Gasteiger partial charge in [-0.3, -0.25) is 24.0 Å². The number of carboxylic acids is 1. The van der Waals surface area contributed by atoms with Crippen molar-refractivity contribution in [2.45, 2.75) is 75.5 Å². The van der Waals surface area contributed by atoms with Crippen LogP contribution in [0.15, 0.2) is 30.5 Å². The molecule has 0 aliphatic carbocycles. The Balaban J connectivity index is 2.29. The SMILES string of the molecule is NCCCCC(NC(=O)C(CCC(N)=O)NC(=O)C(Cc1c[nH]c2ccccc12)NC(=O)C(N)CCC(N)=O)C(=O)O. The third-order valence-corrected chi connectivity index (χ3v) is 6.64. The lowest BCUT2D eigenvalue weighted by atomic mass is 10.0. The Bertz CT molecular complexity index is 1260. The molecule has 5 amide bonds. The summed E-state index contributed by atoms with van der Waals surface area (Å²) in [6.45, 7) is 0.354. The van der Waals surface area contributed by atoms with E-state index in [0.29, 0.717) is 24.9 Å². The van der Waals surface area contributed by atoms with Crippen LogP contribution in [0.1, 0.15) is 50.5 Å². The van der Waals surface area contributed by atoms with Gasteiger partial charge in [0.15, 0.2) is 0 Å².